The van der Waals surface area contributed by atoms with E-state index in [0.717, 1.165) is 20.7 Å². The van der Waals surface area contributed by atoms with Crippen LogP contribution in [0, 0.1) is 11.8 Å². The molecule has 2 fully saturated rings. The summed E-state index contributed by atoms with van der Waals surface area (Å²) in [6, 6.07) is 35.7. The van der Waals surface area contributed by atoms with Crippen molar-refractivity contribution in [3.8, 4) is 0 Å². The molecule has 21 nitrogen and oxygen atoms in total. The van der Waals surface area contributed by atoms with Crippen molar-refractivity contribution >= 4 is 149 Å². The summed E-state index contributed by atoms with van der Waals surface area (Å²) in [5, 5.41) is 38.6. The van der Waals surface area contributed by atoms with Gasteiger partial charge in [0.15, 0.2) is 6.10 Å². The van der Waals surface area contributed by atoms with Crippen molar-refractivity contribution in [1.29, 1.82) is 0 Å². The minimum Gasteiger partial charge on any atom is -0.479 e. The Morgan fingerprint density at radius 1 is 0.521 bits per heavy atom. The Morgan fingerprint density at radius 2 is 0.833 bits per heavy atom. The monoisotopic (exact) mass is 1490 g/mol. The summed E-state index contributed by atoms with van der Waals surface area (Å²) in [5.41, 5.74) is 5.04. The quantitative estimate of drug-likeness (QED) is 0.0168. The molecule has 7 N–H and O–H groups in total. The first kappa shape index (κ1) is 83.3. The first-order valence-electron chi connectivity index (χ1n) is 31.6. The SMILES string of the molecule is CC(C)(C)OC(=O)N[C@@H](CO[Si](c1ccccc1)(c1ccccc1)C(C)(C)C)C(=O)N1CCC[C@@H](C(=O)OCC(Cl)(Cl)Cl)N1.CC(C)[C@H](O)C(=O)N[C@@H](CO[Si](c1ccccc1)(c1ccccc1)C(C)(C)C)C(=O)N1CCC[C@@H](C(=O)OCC(Cl)(Cl)Cl)N1.CC(C)[C@H](O)C(=O)O. The molecule has 0 radical (unpaired) electrons. The van der Waals surface area contributed by atoms with Crippen molar-refractivity contribution in [3.05, 3.63) is 121 Å². The number of ether oxygens (including phenoxy) is 3. The van der Waals surface area contributed by atoms with Gasteiger partial charge in [-0.2, -0.15) is 0 Å². The van der Waals surface area contributed by atoms with Crippen LogP contribution in [0.2, 0.25) is 10.1 Å². The van der Waals surface area contributed by atoms with Crippen LogP contribution in [0.1, 0.15) is 116 Å². The zero-order chi connectivity index (χ0) is 72.2. The largest absolute Gasteiger partial charge is 0.479 e. The summed E-state index contributed by atoms with van der Waals surface area (Å²) in [7, 11) is -6.14. The molecule has 532 valence electrons. The number of benzene rings is 4. The molecule has 4 aromatic carbocycles. The van der Waals surface area contributed by atoms with Crippen LogP contribution >= 0.6 is 69.6 Å². The van der Waals surface area contributed by atoms with Gasteiger partial charge in [-0.3, -0.25) is 34.0 Å². The van der Waals surface area contributed by atoms with Gasteiger partial charge in [-0.25, -0.2) is 20.4 Å². The van der Waals surface area contributed by atoms with Crippen LogP contribution in [-0.2, 0) is 51.8 Å². The zero-order valence-corrected chi connectivity index (χ0v) is 63.2. The second-order valence-corrected chi connectivity index (χ2v) is 40.6. The van der Waals surface area contributed by atoms with Crippen LogP contribution in [-0.4, -0.2) is 173 Å². The van der Waals surface area contributed by atoms with E-state index in [-0.39, 0.29) is 41.7 Å². The molecule has 0 aromatic heterocycles. The Labute approximate surface area is 596 Å². The molecule has 4 aromatic rings. The van der Waals surface area contributed by atoms with Crippen LogP contribution in [0.15, 0.2) is 121 Å². The molecule has 96 heavy (non-hydrogen) atoms. The Balaban J connectivity index is 0.000000366. The maximum Gasteiger partial charge on any atom is 0.408 e. The predicted molar refractivity (Wildman–Crippen MR) is 380 cm³/mol. The average Bonchev–Trinajstić information content (AvgIpc) is 0.754. The van der Waals surface area contributed by atoms with Crippen molar-refractivity contribution in [2.75, 3.05) is 39.5 Å². The summed E-state index contributed by atoms with van der Waals surface area (Å²) in [6.45, 7) is 24.0. The number of aliphatic hydroxyl groups is 2. The Morgan fingerprint density at radius 3 is 1.09 bits per heavy atom. The van der Waals surface area contributed by atoms with Gasteiger partial charge < -0.3 is 49.0 Å². The third kappa shape index (κ3) is 25.0. The molecule has 2 saturated heterocycles. The number of esters is 2. The van der Waals surface area contributed by atoms with Gasteiger partial charge in [-0.1, -0.05) is 260 Å². The number of carbonyl (C=O) groups excluding carboxylic acids is 6. The average molecular weight is 1490 g/mol. The maximum atomic E-state index is 14.0. The zero-order valence-electron chi connectivity index (χ0n) is 56.6. The highest BCUT2D eigenvalue weighted by Gasteiger charge is 2.53. The van der Waals surface area contributed by atoms with Crippen molar-refractivity contribution in [2.45, 2.75) is 175 Å². The van der Waals surface area contributed by atoms with E-state index in [0.29, 0.717) is 32.2 Å². The molecular formula is C67H94Cl6N6O15Si2. The van der Waals surface area contributed by atoms with E-state index in [2.05, 4.69) is 63.0 Å². The lowest BCUT2D eigenvalue weighted by atomic mass is 10.1. The Bertz CT molecular complexity index is 3060. The lowest BCUT2D eigenvalue weighted by molar-refractivity contribution is -0.154. The highest BCUT2D eigenvalue weighted by Crippen LogP contribution is 2.39. The molecule has 2 aliphatic rings. The molecule has 0 spiro atoms. The number of amides is 4. The molecule has 0 unspecified atom stereocenters. The van der Waals surface area contributed by atoms with Gasteiger partial charge in [0, 0.05) is 13.1 Å². The normalized spacial score (nSPS) is 17.0. The number of rotatable bonds is 22. The molecule has 0 bridgehead atoms. The number of carboxylic acids is 1. The van der Waals surface area contributed by atoms with Crippen LogP contribution in [0.25, 0.3) is 0 Å². The number of alkyl halides is 6. The molecule has 4 amide bonds. The lowest BCUT2D eigenvalue weighted by Gasteiger charge is -2.44. The van der Waals surface area contributed by atoms with Gasteiger partial charge in [0.1, 0.15) is 49.1 Å². The van der Waals surface area contributed by atoms with Gasteiger partial charge in [0.25, 0.3) is 28.4 Å². The summed E-state index contributed by atoms with van der Waals surface area (Å²) >= 11 is 34.4. The summed E-state index contributed by atoms with van der Waals surface area (Å²) in [5.74, 6) is -4.78. The molecule has 6 atom stereocenters. The fourth-order valence-electron chi connectivity index (χ4n) is 10.7. The van der Waals surface area contributed by atoms with Gasteiger partial charge in [-0.15, -0.1) is 0 Å². The highest BCUT2D eigenvalue weighted by atomic mass is 35.6. The van der Waals surface area contributed by atoms with Gasteiger partial charge >= 0.3 is 24.0 Å². The molecule has 29 heteroatoms. The van der Waals surface area contributed by atoms with Crippen molar-refractivity contribution in [2.24, 2.45) is 11.8 Å². The van der Waals surface area contributed by atoms with Crippen molar-refractivity contribution < 1.29 is 71.9 Å². The van der Waals surface area contributed by atoms with Crippen LogP contribution in [0.3, 0.4) is 0 Å². The van der Waals surface area contributed by atoms with Crippen molar-refractivity contribution in [1.82, 2.24) is 31.5 Å². The van der Waals surface area contributed by atoms with Crippen LogP contribution in [0.4, 0.5) is 4.79 Å². The molecular weight excluding hydrogens is 1400 g/mol. The van der Waals surface area contributed by atoms with E-state index in [1.165, 1.54) is 10.0 Å². The van der Waals surface area contributed by atoms with Gasteiger partial charge in [0.05, 0.1) is 13.2 Å². The molecule has 6 rings (SSSR count). The third-order valence-corrected chi connectivity index (χ3v) is 26.0. The van der Waals surface area contributed by atoms with Crippen LogP contribution in [0.5, 0.6) is 0 Å². The minimum absolute atomic E-state index is 0.147. The number of carboxylic acid groups (broad SMARTS) is 1. The fraction of sp³-hybridized carbons (Fsp3) is 0.537. The lowest BCUT2D eigenvalue weighted by Crippen LogP contribution is -2.68. The summed E-state index contributed by atoms with van der Waals surface area (Å²) in [4.78, 5) is 89.4. The van der Waals surface area contributed by atoms with E-state index in [4.69, 9.17) is 103 Å². The van der Waals surface area contributed by atoms with Crippen molar-refractivity contribution in [3.63, 3.8) is 0 Å². The van der Waals surface area contributed by atoms with E-state index >= 15 is 0 Å². The topological polar surface area (TPSA) is 281 Å². The van der Waals surface area contributed by atoms with E-state index in [1.54, 1.807) is 48.5 Å². The summed E-state index contributed by atoms with van der Waals surface area (Å²) in [6.07, 6.45) is -1.53. The van der Waals surface area contributed by atoms with E-state index in [1.807, 2.05) is 121 Å². The molecule has 0 saturated carbocycles. The highest BCUT2D eigenvalue weighted by molar-refractivity contribution is 7.00. The molecule has 2 aliphatic heterocycles. The first-order valence-corrected chi connectivity index (χ1v) is 37.6. The number of halogens is 6. The second-order valence-electron chi connectivity index (χ2n) is 27.0. The standard InChI is InChI=1S/2C31H42Cl3N3O6Si.C5H10O3/c1-29(2,3)43-28(40)35-25(26(38)37-19-13-18-24(36-37)27(39)41-21-31(32,33)34)20-42-44(30(4,5)6,22-14-9-7-10-15-22)23-16-11-8-12-17-23;1-21(2)26(38)27(39)35-25(28(40)37-18-12-17-24(36-37)29(41)42-20-31(32,33)34)19-43-44(30(3,4)5,22-13-8-6-9-14-22)23-15-10-7-11-16-23;1-3(2)4(6)5(7)8/h7-12,14-17,24-25,36H,13,18-21H2,1-6H3,(H,35,40);6-11,13-16,21,24-26,36,38H,12,17-20H2,1-5H3,(H,35,39);3-4,6H,1-2H3,(H,7,8)/t24-,25-;24-,25-,26-;4-/m000/s1. The number of carbonyl (C=O) groups is 7. The fourth-order valence-corrected chi connectivity index (χ4v) is 20.2. The Hall–Kier alpha value is -5.10. The number of hydrogen-bond acceptors (Lipinski definition) is 16. The number of nitrogens with zero attached hydrogens (tertiary/aromatic N) is 2. The van der Waals surface area contributed by atoms with Crippen LogP contribution < -0.4 is 42.2 Å². The Kier molecular flexibility index (Phi) is 32.0. The molecule has 0 aliphatic carbocycles. The summed E-state index contributed by atoms with van der Waals surface area (Å²) < 4.78 is 26.2. The first-order chi connectivity index (χ1) is 44.5. The van der Waals surface area contributed by atoms with E-state index in [9.17, 15) is 38.7 Å². The van der Waals surface area contributed by atoms with Gasteiger partial charge in [-0.05, 0) is 89.1 Å². The smallest absolute Gasteiger partial charge is 0.408 e. The number of nitrogens with one attached hydrogen (secondary N) is 4. The number of alkyl carbamates (subject to hydrolysis) is 1. The number of hydrogen-bond donors (Lipinski definition) is 7. The third-order valence-electron chi connectivity index (χ3n) is 15.4. The molecule has 2 heterocycles. The maximum absolute atomic E-state index is 14.0. The second kappa shape index (κ2) is 36.8. The number of aliphatic carboxylic acids is 1. The number of hydrazine groups is 2. The minimum atomic E-state index is -3.08. The predicted octanol–water partition coefficient (Wildman–Crippen LogP) is 8.43. The van der Waals surface area contributed by atoms with Gasteiger partial charge in [0.2, 0.25) is 13.5 Å². The number of aliphatic hydroxyl groups excluding tert-OH is 2. The van der Waals surface area contributed by atoms with E-state index < -0.39 is 121 Å².